The van der Waals surface area contributed by atoms with E-state index < -0.39 is 0 Å². The predicted octanol–water partition coefficient (Wildman–Crippen LogP) is 2.74. The van der Waals surface area contributed by atoms with Crippen LogP contribution < -0.4 is 10.1 Å². The van der Waals surface area contributed by atoms with Gasteiger partial charge < -0.3 is 19.4 Å². The van der Waals surface area contributed by atoms with E-state index in [0.29, 0.717) is 25.3 Å². The maximum atomic E-state index is 12.0. The molecular weight excluding hydrogens is 340 g/mol. The van der Waals surface area contributed by atoms with E-state index >= 15 is 0 Å². The number of hydrogen-bond donors (Lipinski definition) is 1. The highest BCUT2D eigenvalue weighted by atomic mass is 32.2. The number of rotatable bonds is 10. The van der Waals surface area contributed by atoms with E-state index in [1.54, 1.807) is 32.4 Å². The lowest BCUT2D eigenvalue weighted by Gasteiger charge is -2.08. The van der Waals surface area contributed by atoms with Gasteiger partial charge in [-0.2, -0.15) is 0 Å². The molecule has 0 spiro atoms. The van der Waals surface area contributed by atoms with Crippen LogP contribution in [0.3, 0.4) is 0 Å². The second kappa shape index (κ2) is 9.85. The van der Waals surface area contributed by atoms with Crippen LogP contribution in [0, 0.1) is 0 Å². The minimum atomic E-state index is -0.0513. The number of hydrogen-bond acceptors (Lipinski definition) is 6. The molecule has 2 aromatic rings. The summed E-state index contributed by atoms with van der Waals surface area (Å²) in [5, 5.41) is 11.9. The third kappa shape index (κ3) is 5.61. The molecule has 0 radical (unpaired) electrons. The molecule has 8 heteroatoms. The van der Waals surface area contributed by atoms with E-state index in [9.17, 15) is 4.79 Å². The molecule has 7 nitrogen and oxygen atoms in total. The number of amides is 1. The molecule has 0 bridgehead atoms. The van der Waals surface area contributed by atoms with Crippen LogP contribution in [0.4, 0.5) is 5.69 Å². The van der Waals surface area contributed by atoms with Gasteiger partial charge in [-0.3, -0.25) is 4.79 Å². The number of anilines is 1. The van der Waals surface area contributed by atoms with Crippen LogP contribution in [0.1, 0.15) is 12.2 Å². The summed E-state index contributed by atoms with van der Waals surface area (Å²) in [7, 11) is 3.22. The molecule has 1 N–H and O–H groups in total. The van der Waals surface area contributed by atoms with Gasteiger partial charge in [-0.05, 0) is 24.3 Å². The molecule has 0 saturated heterocycles. The molecule has 25 heavy (non-hydrogen) atoms. The van der Waals surface area contributed by atoms with Crippen LogP contribution in [0.2, 0.25) is 0 Å². The molecule has 0 aliphatic carbocycles. The maximum Gasteiger partial charge on any atom is 0.225 e. The van der Waals surface area contributed by atoms with Crippen LogP contribution in [0.25, 0.3) is 0 Å². The van der Waals surface area contributed by atoms with Crippen molar-refractivity contribution in [2.24, 2.45) is 0 Å². The standard InChI is InChI=1S/C17H22N4O3S/c1-4-10-21-15(12-23-2)19-20-17(21)25-11-9-16(22)18-13-5-7-14(24-3)8-6-13/h4-8H,1,9-12H2,2-3H3,(H,18,22). The second-order valence-corrected chi connectivity index (χ2v) is 6.17. The number of ether oxygens (including phenoxy) is 2. The van der Waals surface area contributed by atoms with E-state index in [2.05, 4.69) is 22.1 Å². The highest BCUT2D eigenvalue weighted by Crippen LogP contribution is 2.19. The summed E-state index contributed by atoms with van der Waals surface area (Å²) in [5.41, 5.74) is 0.744. The van der Waals surface area contributed by atoms with Gasteiger partial charge in [0.05, 0.1) is 7.11 Å². The quantitative estimate of drug-likeness (QED) is 0.517. The van der Waals surface area contributed by atoms with E-state index in [1.807, 2.05) is 16.7 Å². The van der Waals surface area contributed by atoms with Crippen molar-refractivity contribution in [1.82, 2.24) is 14.8 Å². The molecule has 1 aromatic heterocycles. The number of aromatic nitrogens is 3. The lowest BCUT2D eigenvalue weighted by Crippen LogP contribution is -2.12. The van der Waals surface area contributed by atoms with Crippen molar-refractivity contribution >= 4 is 23.4 Å². The second-order valence-electron chi connectivity index (χ2n) is 5.11. The summed E-state index contributed by atoms with van der Waals surface area (Å²) in [6.07, 6.45) is 2.15. The van der Waals surface area contributed by atoms with Crippen molar-refractivity contribution in [2.75, 3.05) is 25.3 Å². The Balaban J connectivity index is 1.85. The van der Waals surface area contributed by atoms with Gasteiger partial charge >= 0.3 is 0 Å². The van der Waals surface area contributed by atoms with Gasteiger partial charge in [0.15, 0.2) is 11.0 Å². The first-order valence-electron chi connectivity index (χ1n) is 7.76. The molecule has 0 aliphatic heterocycles. The molecule has 0 atom stereocenters. The van der Waals surface area contributed by atoms with Gasteiger partial charge in [0, 0.05) is 31.5 Å². The summed E-state index contributed by atoms with van der Waals surface area (Å²) < 4.78 is 12.1. The summed E-state index contributed by atoms with van der Waals surface area (Å²) in [6, 6.07) is 7.22. The number of carbonyl (C=O) groups excluding carboxylic acids is 1. The third-order valence-electron chi connectivity index (χ3n) is 3.31. The van der Waals surface area contributed by atoms with Gasteiger partial charge in [0.1, 0.15) is 12.4 Å². The summed E-state index contributed by atoms with van der Waals surface area (Å²) in [6.45, 7) is 4.74. The number of thioether (sulfide) groups is 1. The van der Waals surface area contributed by atoms with Crippen molar-refractivity contribution in [3.63, 3.8) is 0 Å². The van der Waals surface area contributed by atoms with E-state index in [-0.39, 0.29) is 5.91 Å². The minimum Gasteiger partial charge on any atom is -0.497 e. The predicted molar refractivity (Wildman–Crippen MR) is 97.9 cm³/mol. The average Bonchev–Trinajstić information content (AvgIpc) is 2.98. The van der Waals surface area contributed by atoms with E-state index in [1.165, 1.54) is 11.8 Å². The molecule has 0 saturated carbocycles. The van der Waals surface area contributed by atoms with Crippen molar-refractivity contribution in [3.05, 3.63) is 42.7 Å². The minimum absolute atomic E-state index is 0.0513. The topological polar surface area (TPSA) is 78.3 Å². The lowest BCUT2D eigenvalue weighted by atomic mass is 10.3. The molecule has 1 heterocycles. The monoisotopic (exact) mass is 362 g/mol. The van der Waals surface area contributed by atoms with Crippen LogP contribution in [-0.2, 0) is 22.7 Å². The van der Waals surface area contributed by atoms with Crippen molar-refractivity contribution in [1.29, 1.82) is 0 Å². The highest BCUT2D eigenvalue weighted by Gasteiger charge is 2.12. The molecule has 0 fully saturated rings. The summed E-state index contributed by atoms with van der Waals surface area (Å²) >= 11 is 1.48. The number of allylic oxidation sites excluding steroid dienone is 1. The molecule has 2 rings (SSSR count). The van der Waals surface area contributed by atoms with Gasteiger partial charge in [0.2, 0.25) is 5.91 Å². The number of carbonyl (C=O) groups is 1. The number of nitrogens with zero attached hydrogens (tertiary/aromatic N) is 3. The summed E-state index contributed by atoms with van der Waals surface area (Å²) in [5.74, 6) is 2.05. The lowest BCUT2D eigenvalue weighted by molar-refractivity contribution is -0.115. The Bertz CT molecular complexity index is 700. The molecule has 0 aliphatic rings. The molecule has 1 aromatic carbocycles. The Morgan fingerprint density at radius 2 is 2.08 bits per heavy atom. The van der Waals surface area contributed by atoms with Crippen LogP contribution >= 0.6 is 11.8 Å². The van der Waals surface area contributed by atoms with Crippen LogP contribution in [-0.4, -0.2) is 40.6 Å². The van der Waals surface area contributed by atoms with Gasteiger partial charge in [-0.25, -0.2) is 0 Å². The molecular formula is C17H22N4O3S. The smallest absolute Gasteiger partial charge is 0.225 e. The maximum absolute atomic E-state index is 12.0. The van der Waals surface area contributed by atoms with E-state index in [4.69, 9.17) is 9.47 Å². The molecule has 134 valence electrons. The fraction of sp³-hybridized carbons (Fsp3) is 0.353. The van der Waals surface area contributed by atoms with Gasteiger partial charge in [-0.1, -0.05) is 17.8 Å². The van der Waals surface area contributed by atoms with Crippen LogP contribution in [0.15, 0.2) is 42.1 Å². The zero-order chi connectivity index (χ0) is 18.1. The van der Waals surface area contributed by atoms with Gasteiger partial charge in [0.25, 0.3) is 0 Å². The Kier molecular flexibility index (Phi) is 7.49. The van der Waals surface area contributed by atoms with E-state index in [0.717, 1.165) is 22.4 Å². The van der Waals surface area contributed by atoms with Crippen LogP contribution in [0.5, 0.6) is 5.75 Å². The normalized spacial score (nSPS) is 10.5. The number of benzene rings is 1. The first-order valence-corrected chi connectivity index (χ1v) is 8.75. The first-order chi connectivity index (χ1) is 12.2. The third-order valence-corrected chi connectivity index (χ3v) is 4.28. The van der Waals surface area contributed by atoms with Crippen molar-refractivity contribution in [3.8, 4) is 5.75 Å². The highest BCUT2D eigenvalue weighted by molar-refractivity contribution is 7.99. The Morgan fingerprint density at radius 1 is 1.32 bits per heavy atom. The zero-order valence-electron chi connectivity index (χ0n) is 14.4. The largest absolute Gasteiger partial charge is 0.497 e. The summed E-state index contributed by atoms with van der Waals surface area (Å²) in [4.78, 5) is 12.0. The molecule has 1 amide bonds. The molecule has 0 unspecified atom stereocenters. The zero-order valence-corrected chi connectivity index (χ0v) is 15.2. The Morgan fingerprint density at radius 3 is 2.72 bits per heavy atom. The van der Waals surface area contributed by atoms with Gasteiger partial charge in [-0.15, -0.1) is 16.8 Å². The fourth-order valence-corrected chi connectivity index (χ4v) is 3.01. The van der Waals surface area contributed by atoms with Crippen molar-refractivity contribution in [2.45, 2.75) is 24.7 Å². The Labute approximate surface area is 151 Å². The first kappa shape index (κ1) is 19.0. The average molecular weight is 362 g/mol. The number of nitrogens with one attached hydrogen (secondary N) is 1. The van der Waals surface area contributed by atoms with Crippen molar-refractivity contribution < 1.29 is 14.3 Å². The fourth-order valence-electron chi connectivity index (χ4n) is 2.11. The Hall–Kier alpha value is -2.32. The SMILES string of the molecule is C=CCn1c(COC)nnc1SCCC(=O)Nc1ccc(OC)cc1. The number of methoxy groups -OCH3 is 2.